The van der Waals surface area contributed by atoms with Crippen molar-refractivity contribution < 1.29 is 27.5 Å². The summed E-state index contributed by atoms with van der Waals surface area (Å²) in [5, 5.41) is 8.94. The first-order chi connectivity index (χ1) is 6.73. The summed E-state index contributed by atoms with van der Waals surface area (Å²) in [5.41, 5.74) is -2.38. The molecule has 0 aromatic heterocycles. The summed E-state index contributed by atoms with van der Waals surface area (Å²) in [6.45, 7) is 0.865. The molecule has 0 fully saturated rings. The van der Waals surface area contributed by atoms with Crippen LogP contribution in [0.15, 0.2) is 12.1 Å². The highest BCUT2D eigenvalue weighted by atomic mass is 19.4. The summed E-state index contributed by atoms with van der Waals surface area (Å²) in [5.74, 6) is -3.34. The molecule has 1 N–H and O–H groups in total. The van der Waals surface area contributed by atoms with E-state index in [0.29, 0.717) is 12.1 Å². The minimum Gasteiger partial charge on any atom is -0.507 e. The second kappa shape index (κ2) is 3.52. The second-order valence-corrected chi connectivity index (χ2v) is 2.90. The first-order valence-corrected chi connectivity index (χ1v) is 3.84. The molecule has 0 aliphatic rings. The number of carbonyl (C=O) groups excluding carboxylic acids is 1. The highest BCUT2D eigenvalue weighted by Gasteiger charge is 2.38. The zero-order valence-electron chi connectivity index (χ0n) is 7.52. The number of hydrogen-bond donors (Lipinski definition) is 1. The highest BCUT2D eigenvalue weighted by molar-refractivity contribution is 5.96. The van der Waals surface area contributed by atoms with E-state index in [4.69, 9.17) is 5.11 Å². The maximum atomic E-state index is 12.7. The fraction of sp³-hybridized carbons (Fsp3) is 0.222. The van der Waals surface area contributed by atoms with Crippen molar-refractivity contribution in [3.8, 4) is 5.75 Å². The number of ketones is 1. The van der Waals surface area contributed by atoms with Gasteiger partial charge in [0.1, 0.15) is 17.1 Å². The molecule has 1 aromatic rings. The van der Waals surface area contributed by atoms with Crippen molar-refractivity contribution in [1.82, 2.24) is 0 Å². The SMILES string of the molecule is CC(=O)c1cc(F)cc(O)c1C(F)(F)F. The molecule has 0 radical (unpaired) electrons. The Balaban J connectivity index is 3.55. The van der Waals surface area contributed by atoms with Gasteiger partial charge in [-0.15, -0.1) is 0 Å². The molecular formula is C9H6F4O2. The van der Waals surface area contributed by atoms with Gasteiger partial charge < -0.3 is 5.11 Å². The van der Waals surface area contributed by atoms with Crippen LogP contribution in [0.4, 0.5) is 17.6 Å². The molecule has 0 saturated heterocycles. The number of halogens is 4. The van der Waals surface area contributed by atoms with Crippen molar-refractivity contribution in [1.29, 1.82) is 0 Å². The summed E-state index contributed by atoms with van der Waals surface area (Å²) < 4.78 is 49.8. The van der Waals surface area contributed by atoms with Crippen LogP contribution in [-0.2, 0) is 6.18 Å². The lowest BCUT2D eigenvalue weighted by Gasteiger charge is -2.12. The molecule has 0 aliphatic heterocycles. The van der Waals surface area contributed by atoms with Crippen LogP contribution in [-0.4, -0.2) is 10.9 Å². The lowest BCUT2D eigenvalue weighted by atomic mass is 10.0. The van der Waals surface area contributed by atoms with E-state index in [9.17, 15) is 22.4 Å². The molecule has 0 atom stereocenters. The van der Waals surface area contributed by atoms with Gasteiger partial charge >= 0.3 is 6.18 Å². The van der Waals surface area contributed by atoms with Crippen LogP contribution in [0.1, 0.15) is 22.8 Å². The summed E-state index contributed by atoms with van der Waals surface area (Å²) >= 11 is 0. The number of Topliss-reactive ketones (excluding diaryl/α,β-unsaturated/α-hetero) is 1. The molecule has 0 saturated carbocycles. The van der Waals surface area contributed by atoms with Crippen LogP contribution in [0.25, 0.3) is 0 Å². The number of alkyl halides is 3. The van der Waals surface area contributed by atoms with E-state index in [2.05, 4.69) is 0 Å². The zero-order valence-corrected chi connectivity index (χ0v) is 7.52. The molecule has 0 unspecified atom stereocenters. The topological polar surface area (TPSA) is 37.3 Å². The highest BCUT2D eigenvalue weighted by Crippen LogP contribution is 2.38. The molecule has 2 nitrogen and oxygen atoms in total. The monoisotopic (exact) mass is 222 g/mol. The normalized spacial score (nSPS) is 11.5. The zero-order chi connectivity index (χ0) is 11.8. The van der Waals surface area contributed by atoms with Gasteiger partial charge in [0.15, 0.2) is 5.78 Å². The summed E-state index contributed by atoms with van der Waals surface area (Å²) in [7, 11) is 0. The van der Waals surface area contributed by atoms with Crippen LogP contribution < -0.4 is 0 Å². The van der Waals surface area contributed by atoms with E-state index in [0.717, 1.165) is 6.92 Å². The lowest BCUT2D eigenvalue weighted by Crippen LogP contribution is -2.12. The van der Waals surface area contributed by atoms with Crippen LogP contribution in [0.2, 0.25) is 0 Å². The average Bonchev–Trinajstić information content (AvgIpc) is 1.99. The third-order valence-electron chi connectivity index (χ3n) is 1.75. The van der Waals surface area contributed by atoms with E-state index in [-0.39, 0.29) is 0 Å². The van der Waals surface area contributed by atoms with E-state index in [1.807, 2.05) is 0 Å². The van der Waals surface area contributed by atoms with Gasteiger partial charge in [0.25, 0.3) is 0 Å². The molecule has 0 bridgehead atoms. The summed E-state index contributed by atoms with van der Waals surface area (Å²) in [4.78, 5) is 10.8. The molecule has 6 heteroatoms. The van der Waals surface area contributed by atoms with Crippen LogP contribution >= 0.6 is 0 Å². The maximum absolute atomic E-state index is 12.7. The number of benzene rings is 1. The van der Waals surface area contributed by atoms with E-state index >= 15 is 0 Å². The van der Waals surface area contributed by atoms with Crippen LogP contribution in [0.3, 0.4) is 0 Å². The predicted molar refractivity (Wildman–Crippen MR) is 43.1 cm³/mol. The Morgan fingerprint density at radius 3 is 2.27 bits per heavy atom. The fourth-order valence-corrected chi connectivity index (χ4v) is 1.17. The van der Waals surface area contributed by atoms with E-state index in [1.54, 1.807) is 0 Å². The van der Waals surface area contributed by atoms with Crippen LogP contribution in [0, 0.1) is 5.82 Å². The number of carbonyl (C=O) groups is 1. The van der Waals surface area contributed by atoms with Crippen molar-refractivity contribution in [3.05, 3.63) is 29.1 Å². The first-order valence-electron chi connectivity index (χ1n) is 3.84. The fourth-order valence-electron chi connectivity index (χ4n) is 1.17. The number of rotatable bonds is 1. The van der Waals surface area contributed by atoms with E-state index in [1.165, 1.54) is 0 Å². The molecule has 82 valence electrons. The van der Waals surface area contributed by atoms with Gasteiger partial charge in [0.05, 0.1) is 0 Å². The number of aromatic hydroxyl groups is 1. The van der Waals surface area contributed by atoms with Crippen molar-refractivity contribution >= 4 is 5.78 Å². The molecule has 0 aliphatic carbocycles. The Bertz CT molecular complexity index is 409. The number of phenols is 1. The van der Waals surface area contributed by atoms with Crippen LogP contribution in [0.5, 0.6) is 5.75 Å². The lowest BCUT2D eigenvalue weighted by molar-refractivity contribution is -0.139. The molecule has 1 rings (SSSR count). The third-order valence-corrected chi connectivity index (χ3v) is 1.75. The molecule has 15 heavy (non-hydrogen) atoms. The quantitative estimate of drug-likeness (QED) is 0.586. The Morgan fingerprint density at radius 1 is 1.33 bits per heavy atom. The Hall–Kier alpha value is -1.59. The Kier molecular flexibility index (Phi) is 2.70. The summed E-state index contributed by atoms with van der Waals surface area (Å²) in [6.07, 6.45) is -4.89. The molecule has 1 aromatic carbocycles. The van der Waals surface area contributed by atoms with E-state index < -0.39 is 34.7 Å². The smallest absolute Gasteiger partial charge is 0.420 e. The van der Waals surface area contributed by atoms with Gasteiger partial charge in [-0.25, -0.2) is 4.39 Å². The Labute approximate surface area is 82.1 Å². The van der Waals surface area contributed by atoms with Gasteiger partial charge in [-0.2, -0.15) is 13.2 Å². The van der Waals surface area contributed by atoms with Gasteiger partial charge in [-0.1, -0.05) is 0 Å². The number of hydrogen-bond acceptors (Lipinski definition) is 2. The molecule has 0 heterocycles. The van der Waals surface area contributed by atoms with Gasteiger partial charge in [-0.3, -0.25) is 4.79 Å². The van der Waals surface area contributed by atoms with Crippen molar-refractivity contribution in [3.63, 3.8) is 0 Å². The molecule has 0 spiro atoms. The second-order valence-electron chi connectivity index (χ2n) is 2.90. The minimum absolute atomic E-state index is 0.315. The van der Waals surface area contributed by atoms with Gasteiger partial charge in [-0.05, 0) is 13.0 Å². The largest absolute Gasteiger partial charge is 0.507 e. The van der Waals surface area contributed by atoms with Gasteiger partial charge in [0, 0.05) is 11.6 Å². The minimum atomic E-state index is -4.89. The maximum Gasteiger partial charge on any atom is 0.420 e. The first kappa shape index (κ1) is 11.5. The van der Waals surface area contributed by atoms with Gasteiger partial charge in [0.2, 0.25) is 0 Å². The van der Waals surface area contributed by atoms with Crippen molar-refractivity contribution in [2.75, 3.05) is 0 Å². The average molecular weight is 222 g/mol. The molecule has 0 amide bonds. The molecular weight excluding hydrogens is 216 g/mol. The third kappa shape index (κ3) is 2.26. The Morgan fingerprint density at radius 2 is 1.87 bits per heavy atom. The number of phenolic OH excluding ortho intramolecular Hbond substituents is 1. The summed E-state index contributed by atoms with van der Waals surface area (Å²) in [6, 6.07) is 0.764. The van der Waals surface area contributed by atoms with Crippen molar-refractivity contribution in [2.24, 2.45) is 0 Å². The van der Waals surface area contributed by atoms with Crippen molar-refractivity contribution in [2.45, 2.75) is 13.1 Å². The standard InChI is InChI=1S/C9H6F4O2/c1-4(14)6-2-5(10)3-7(15)8(6)9(11,12)13/h2-3,15H,1H3. The predicted octanol–water partition coefficient (Wildman–Crippen LogP) is 2.75.